The number of nitrogens with zero attached hydrogens (tertiary/aromatic N) is 1. The van der Waals surface area contributed by atoms with Gasteiger partial charge in [0, 0.05) is 30.3 Å². The fraction of sp³-hybridized carbons (Fsp3) is 0.417. The van der Waals surface area contributed by atoms with Crippen molar-refractivity contribution in [2.45, 2.75) is 45.3 Å². The summed E-state index contributed by atoms with van der Waals surface area (Å²) in [5.74, 6) is 0.220. The lowest BCUT2D eigenvalue weighted by atomic mass is 10.1. The quantitative estimate of drug-likeness (QED) is 0.736. The van der Waals surface area contributed by atoms with Crippen molar-refractivity contribution >= 4 is 29.1 Å². The van der Waals surface area contributed by atoms with Crippen LogP contribution in [0.4, 0.5) is 5.69 Å². The molecule has 2 heterocycles. The first-order valence-electron chi connectivity index (χ1n) is 10.6. The lowest BCUT2D eigenvalue weighted by Crippen LogP contribution is -2.48. The number of fused-ring (bicyclic) bond motifs is 1. The van der Waals surface area contributed by atoms with E-state index in [9.17, 15) is 9.59 Å². The van der Waals surface area contributed by atoms with E-state index in [1.807, 2.05) is 38.1 Å². The number of rotatable bonds is 6. The fourth-order valence-electron chi connectivity index (χ4n) is 4.07. The molecule has 2 atom stereocenters. The van der Waals surface area contributed by atoms with Crippen LogP contribution in [0.1, 0.15) is 29.5 Å². The van der Waals surface area contributed by atoms with E-state index < -0.39 is 6.10 Å². The van der Waals surface area contributed by atoms with E-state index in [4.69, 9.17) is 21.1 Å². The predicted octanol–water partition coefficient (Wildman–Crippen LogP) is 3.91. The van der Waals surface area contributed by atoms with Gasteiger partial charge in [-0.2, -0.15) is 0 Å². The van der Waals surface area contributed by atoms with Gasteiger partial charge < -0.3 is 19.7 Å². The minimum Gasteiger partial charge on any atom is -0.480 e. The van der Waals surface area contributed by atoms with Gasteiger partial charge in [-0.3, -0.25) is 9.59 Å². The highest BCUT2D eigenvalue weighted by atomic mass is 35.5. The molecule has 0 aromatic heterocycles. The Hall–Kier alpha value is -2.57. The fourth-order valence-corrected chi connectivity index (χ4v) is 4.27. The summed E-state index contributed by atoms with van der Waals surface area (Å²) in [7, 11) is 0. The Morgan fingerprint density at radius 1 is 1.23 bits per heavy atom. The Bertz CT molecular complexity index is 988. The van der Waals surface area contributed by atoms with Crippen molar-refractivity contribution in [2.75, 3.05) is 25.0 Å². The molecule has 1 saturated heterocycles. The van der Waals surface area contributed by atoms with Crippen LogP contribution in [-0.4, -0.2) is 48.6 Å². The maximum atomic E-state index is 13.3. The highest BCUT2D eigenvalue weighted by molar-refractivity contribution is 6.30. The maximum absolute atomic E-state index is 13.3. The Morgan fingerprint density at radius 2 is 2.06 bits per heavy atom. The van der Waals surface area contributed by atoms with Gasteiger partial charge in [0.2, 0.25) is 5.91 Å². The van der Waals surface area contributed by atoms with Crippen LogP contribution >= 0.6 is 11.6 Å². The van der Waals surface area contributed by atoms with Gasteiger partial charge in [-0.15, -0.1) is 0 Å². The van der Waals surface area contributed by atoms with Crippen LogP contribution in [0, 0.1) is 13.8 Å². The standard InChI is InChI=1S/C24H27ClN2O4/c1-15-5-3-7-20(16(15)2)26-23(28)14-27(13-19-6-4-10-30-19)24(29)22-12-17-11-18(25)8-9-21(17)31-22/h3,5,7-9,11,19,22H,4,6,10,12-14H2,1-2H3,(H,26,28). The third kappa shape index (κ3) is 5.02. The molecule has 0 bridgehead atoms. The molecule has 2 unspecified atom stereocenters. The van der Waals surface area contributed by atoms with Gasteiger partial charge in [0.25, 0.3) is 5.91 Å². The lowest BCUT2D eigenvalue weighted by molar-refractivity contribution is -0.142. The van der Waals surface area contributed by atoms with Gasteiger partial charge >= 0.3 is 0 Å². The average molecular weight is 443 g/mol. The number of carbonyl (C=O) groups excluding carboxylic acids is 2. The minimum atomic E-state index is -0.664. The zero-order chi connectivity index (χ0) is 22.0. The average Bonchev–Trinajstić information content (AvgIpc) is 3.39. The van der Waals surface area contributed by atoms with Crippen molar-refractivity contribution in [1.82, 2.24) is 4.90 Å². The van der Waals surface area contributed by atoms with Crippen molar-refractivity contribution in [1.29, 1.82) is 0 Å². The van der Waals surface area contributed by atoms with E-state index in [-0.39, 0.29) is 24.5 Å². The van der Waals surface area contributed by atoms with E-state index in [0.29, 0.717) is 30.3 Å². The second-order valence-electron chi connectivity index (χ2n) is 8.21. The summed E-state index contributed by atoms with van der Waals surface area (Å²) < 4.78 is 11.6. The van der Waals surface area contributed by atoms with Gasteiger partial charge in [0.05, 0.1) is 6.10 Å². The molecule has 4 rings (SSSR count). The van der Waals surface area contributed by atoms with Crippen LogP contribution < -0.4 is 10.1 Å². The first-order chi connectivity index (χ1) is 14.9. The van der Waals surface area contributed by atoms with Crippen molar-refractivity contribution in [3.05, 3.63) is 58.1 Å². The molecule has 0 spiro atoms. The molecule has 0 saturated carbocycles. The predicted molar refractivity (Wildman–Crippen MR) is 120 cm³/mol. The van der Waals surface area contributed by atoms with Crippen LogP contribution in [0.25, 0.3) is 0 Å². The van der Waals surface area contributed by atoms with Gasteiger partial charge in [0.1, 0.15) is 12.3 Å². The topological polar surface area (TPSA) is 67.9 Å². The molecular formula is C24H27ClN2O4. The van der Waals surface area contributed by atoms with Gasteiger partial charge in [-0.05, 0) is 67.6 Å². The molecule has 164 valence electrons. The molecule has 1 N–H and O–H groups in total. The zero-order valence-corrected chi connectivity index (χ0v) is 18.6. The van der Waals surface area contributed by atoms with E-state index >= 15 is 0 Å². The first kappa shape index (κ1) is 21.7. The minimum absolute atomic E-state index is 0.0525. The largest absolute Gasteiger partial charge is 0.480 e. The summed E-state index contributed by atoms with van der Waals surface area (Å²) >= 11 is 6.08. The van der Waals surface area contributed by atoms with Crippen LogP contribution in [0.5, 0.6) is 5.75 Å². The summed E-state index contributed by atoms with van der Waals surface area (Å²) in [6, 6.07) is 11.1. The number of ether oxygens (including phenoxy) is 2. The first-order valence-corrected chi connectivity index (χ1v) is 11.0. The van der Waals surface area contributed by atoms with Crippen molar-refractivity contribution in [3.8, 4) is 5.75 Å². The molecule has 7 heteroatoms. The molecule has 2 aliphatic rings. The molecular weight excluding hydrogens is 416 g/mol. The molecule has 2 aromatic carbocycles. The monoisotopic (exact) mass is 442 g/mol. The number of aryl methyl sites for hydroxylation is 1. The summed E-state index contributed by atoms with van der Waals surface area (Å²) in [4.78, 5) is 27.7. The number of anilines is 1. The molecule has 2 amide bonds. The molecule has 1 fully saturated rings. The summed E-state index contributed by atoms with van der Waals surface area (Å²) in [5, 5.41) is 3.56. The summed E-state index contributed by atoms with van der Waals surface area (Å²) in [5.41, 5.74) is 3.77. The smallest absolute Gasteiger partial charge is 0.264 e. The summed E-state index contributed by atoms with van der Waals surface area (Å²) in [6.45, 7) is 4.97. The lowest BCUT2D eigenvalue weighted by Gasteiger charge is -2.27. The number of benzene rings is 2. The molecule has 2 aliphatic heterocycles. The van der Waals surface area contributed by atoms with E-state index in [1.54, 1.807) is 17.0 Å². The van der Waals surface area contributed by atoms with Crippen LogP contribution in [0.2, 0.25) is 5.02 Å². The third-order valence-electron chi connectivity index (χ3n) is 5.95. The second kappa shape index (κ2) is 9.28. The molecule has 2 aromatic rings. The van der Waals surface area contributed by atoms with E-state index in [2.05, 4.69) is 5.32 Å². The Balaban J connectivity index is 1.47. The zero-order valence-electron chi connectivity index (χ0n) is 17.8. The van der Waals surface area contributed by atoms with Crippen LogP contribution in [-0.2, 0) is 20.7 Å². The Kier molecular flexibility index (Phi) is 6.49. The van der Waals surface area contributed by atoms with Crippen molar-refractivity contribution < 1.29 is 19.1 Å². The van der Waals surface area contributed by atoms with Gasteiger partial charge in [-0.1, -0.05) is 23.7 Å². The molecule has 0 aliphatic carbocycles. The number of hydrogen-bond acceptors (Lipinski definition) is 4. The Morgan fingerprint density at radius 3 is 2.84 bits per heavy atom. The molecule has 6 nitrogen and oxygen atoms in total. The van der Waals surface area contributed by atoms with E-state index in [0.717, 1.165) is 35.2 Å². The highest BCUT2D eigenvalue weighted by Crippen LogP contribution is 2.32. The summed E-state index contributed by atoms with van der Waals surface area (Å²) in [6.07, 6.45) is 1.56. The van der Waals surface area contributed by atoms with Crippen LogP contribution in [0.15, 0.2) is 36.4 Å². The number of carbonyl (C=O) groups is 2. The number of hydrogen-bond donors (Lipinski definition) is 1. The number of halogens is 1. The maximum Gasteiger partial charge on any atom is 0.264 e. The SMILES string of the molecule is Cc1cccc(NC(=O)CN(CC2CCCO2)C(=O)C2Cc3cc(Cl)ccc3O2)c1C. The van der Waals surface area contributed by atoms with E-state index in [1.165, 1.54) is 0 Å². The number of amides is 2. The molecule has 31 heavy (non-hydrogen) atoms. The normalized spacial score (nSPS) is 19.6. The third-order valence-corrected chi connectivity index (χ3v) is 6.18. The second-order valence-corrected chi connectivity index (χ2v) is 8.65. The highest BCUT2D eigenvalue weighted by Gasteiger charge is 2.35. The van der Waals surface area contributed by atoms with Gasteiger partial charge in [-0.25, -0.2) is 0 Å². The molecule has 0 radical (unpaired) electrons. The van der Waals surface area contributed by atoms with Gasteiger partial charge in [0.15, 0.2) is 6.10 Å². The Labute approximate surface area is 187 Å². The van der Waals surface area contributed by atoms with Crippen LogP contribution in [0.3, 0.4) is 0 Å². The van der Waals surface area contributed by atoms with Crippen molar-refractivity contribution in [2.24, 2.45) is 0 Å². The van der Waals surface area contributed by atoms with Crippen molar-refractivity contribution in [3.63, 3.8) is 0 Å². The number of nitrogens with one attached hydrogen (secondary N) is 1.